The van der Waals surface area contributed by atoms with Gasteiger partial charge in [0, 0.05) is 49.5 Å². The summed E-state index contributed by atoms with van der Waals surface area (Å²) < 4.78 is 38.9. The predicted octanol–water partition coefficient (Wildman–Crippen LogP) is 3.90. The summed E-state index contributed by atoms with van der Waals surface area (Å²) in [6.45, 7) is 9.59. The number of carbonyl (C=O) groups excluding carboxylic acids is 1. The van der Waals surface area contributed by atoms with Gasteiger partial charge in [-0.3, -0.25) is 4.79 Å². The molecule has 2 rings (SSSR count). The third kappa shape index (κ3) is 7.74. The van der Waals surface area contributed by atoms with Crippen LogP contribution in [-0.2, 0) is 0 Å². The zero-order valence-electron chi connectivity index (χ0n) is 17.9. The van der Waals surface area contributed by atoms with Gasteiger partial charge in [0.05, 0.1) is 5.57 Å². The van der Waals surface area contributed by atoms with Gasteiger partial charge in [-0.2, -0.15) is 13.2 Å². The summed E-state index contributed by atoms with van der Waals surface area (Å²) in [6, 6.07) is 4.82. The van der Waals surface area contributed by atoms with Gasteiger partial charge in [0.2, 0.25) is 0 Å². The number of halogens is 3. The van der Waals surface area contributed by atoms with Crippen LogP contribution in [0.15, 0.2) is 54.3 Å². The summed E-state index contributed by atoms with van der Waals surface area (Å²) in [5.41, 5.74) is 0.644. The van der Waals surface area contributed by atoms with Gasteiger partial charge in [0.1, 0.15) is 0 Å². The molecule has 1 aliphatic heterocycles. The number of hydrogen-bond donors (Lipinski definition) is 1. The number of amides is 1. The molecule has 4 nitrogen and oxygen atoms in total. The standard InChI is InChI=1S/C24H28F3N3O/c1-5-20-17-21(10-9-18(20)2)23(31)28-22(16-19(3)24(25,26)27)8-6-7-11-30-14-12-29(4)13-15-30/h1,6,8-10,16-17H,3,7,11-15H2,2,4H3,(H,28,31)/b8-6-,22-16+. The Labute approximate surface area is 182 Å². The second-order valence-electron chi connectivity index (χ2n) is 7.59. The smallest absolute Gasteiger partial charge is 0.322 e. The quantitative estimate of drug-likeness (QED) is 0.525. The number of nitrogens with zero attached hydrogens (tertiary/aromatic N) is 2. The van der Waals surface area contributed by atoms with Crippen LogP contribution in [0.4, 0.5) is 13.2 Å². The molecule has 1 aromatic rings. The zero-order chi connectivity index (χ0) is 23.0. The van der Waals surface area contributed by atoms with E-state index in [0.717, 1.165) is 44.4 Å². The highest BCUT2D eigenvalue weighted by Crippen LogP contribution is 2.25. The molecule has 1 aromatic carbocycles. The van der Waals surface area contributed by atoms with E-state index < -0.39 is 17.7 Å². The number of carbonyl (C=O) groups is 1. The molecule has 1 heterocycles. The molecule has 0 radical (unpaired) electrons. The summed E-state index contributed by atoms with van der Waals surface area (Å²) in [5, 5.41) is 2.54. The number of rotatable bonds is 7. The number of allylic oxidation sites excluding steroid dienone is 3. The molecule has 1 fully saturated rings. The lowest BCUT2D eigenvalue weighted by Crippen LogP contribution is -2.44. The van der Waals surface area contributed by atoms with Crippen LogP contribution in [0.1, 0.15) is 27.9 Å². The van der Waals surface area contributed by atoms with Gasteiger partial charge in [-0.05, 0) is 50.2 Å². The lowest BCUT2D eigenvalue weighted by molar-refractivity contribution is -0.0879. The van der Waals surface area contributed by atoms with E-state index in [1.807, 2.05) is 6.92 Å². The van der Waals surface area contributed by atoms with Gasteiger partial charge in [0.15, 0.2) is 0 Å². The Bertz CT molecular complexity index is 902. The number of piperazine rings is 1. The fourth-order valence-electron chi connectivity index (χ4n) is 3.06. The van der Waals surface area contributed by atoms with Crippen molar-refractivity contribution in [3.63, 3.8) is 0 Å². The van der Waals surface area contributed by atoms with Gasteiger partial charge < -0.3 is 15.1 Å². The van der Waals surface area contributed by atoms with Gasteiger partial charge in [-0.1, -0.05) is 24.6 Å². The minimum absolute atomic E-state index is 0.0218. The van der Waals surface area contributed by atoms with Crippen molar-refractivity contribution in [2.75, 3.05) is 39.8 Å². The lowest BCUT2D eigenvalue weighted by atomic mass is 10.0. The number of likely N-dealkylation sites (N-methyl/N-ethyl adjacent to an activating group) is 1. The number of alkyl halides is 3. The summed E-state index contributed by atoms with van der Waals surface area (Å²) >= 11 is 0. The van der Waals surface area contributed by atoms with Crippen molar-refractivity contribution in [2.45, 2.75) is 19.5 Å². The summed E-state index contributed by atoms with van der Waals surface area (Å²) in [7, 11) is 2.07. The van der Waals surface area contributed by atoms with Crippen LogP contribution in [0, 0.1) is 19.3 Å². The first-order valence-electron chi connectivity index (χ1n) is 10.0. The highest BCUT2D eigenvalue weighted by atomic mass is 19.4. The van der Waals surface area contributed by atoms with Gasteiger partial charge >= 0.3 is 6.18 Å². The van der Waals surface area contributed by atoms with E-state index in [9.17, 15) is 18.0 Å². The predicted molar refractivity (Wildman–Crippen MR) is 118 cm³/mol. The number of nitrogens with one attached hydrogen (secondary N) is 1. The molecule has 1 amide bonds. The van der Waals surface area contributed by atoms with Crippen molar-refractivity contribution in [2.24, 2.45) is 0 Å². The van der Waals surface area contributed by atoms with Crippen LogP contribution < -0.4 is 5.32 Å². The molecule has 7 heteroatoms. The summed E-state index contributed by atoms with van der Waals surface area (Å²) in [5.74, 6) is 1.95. The van der Waals surface area contributed by atoms with Crippen LogP contribution in [0.3, 0.4) is 0 Å². The molecular weight excluding hydrogens is 403 g/mol. The summed E-state index contributed by atoms with van der Waals surface area (Å²) in [4.78, 5) is 17.2. The average molecular weight is 432 g/mol. The highest BCUT2D eigenvalue weighted by Gasteiger charge is 2.30. The number of benzene rings is 1. The first-order valence-corrected chi connectivity index (χ1v) is 10.0. The van der Waals surface area contributed by atoms with E-state index in [0.29, 0.717) is 12.0 Å². The van der Waals surface area contributed by atoms with E-state index in [1.165, 1.54) is 12.1 Å². The first kappa shape index (κ1) is 24.4. The second-order valence-corrected chi connectivity index (χ2v) is 7.59. The zero-order valence-corrected chi connectivity index (χ0v) is 17.9. The van der Waals surface area contributed by atoms with E-state index >= 15 is 0 Å². The molecular formula is C24H28F3N3O. The third-order valence-electron chi connectivity index (χ3n) is 5.11. The maximum atomic E-state index is 13.0. The van der Waals surface area contributed by atoms with Crippen molar-refractivity contribution in [3.8, 4) is 12.3 Å². The number of terminal acetylenes is 1. The Morgan fingerprint density at radius 3 is 2.58 bits per heavy atom. The Morgan fingerprint density at radius 1 is 1.29 bits per heavy atom. The monoisotopic (exact) mass is 431 g/mol. The van der Waals surface area contributed by atoms with Crippen LogP contribution in [0.25, 0.3) is 0 Å². The molecule has 0 atom stereocenters. The summed E-state index contributed by atoms with van der Waals surface area (Å²) in [6.07, 6.45) is 5.59. The van der Waals surface area contributed by atoms with E-state index in [1.54, 1.807) is 18.2 Å². The Balaban J connectivity index is 2.09. The minimum atomic E-state index is -4.58. The molecule has 1 saturated heterocycles. The largest absolute Gasteiger partial charge is 0.415 e. The molecule has 0 aliphatic carbocycles. The maximum absolute atomic E-state index is 13.0. The van der Waals surface area contributed by atoms with Crippen LogP contribution in [0.5, 0.6) is 0 Å². The van der Waals surface area contributed by atoms with Crippen molar-refractivity contribution in [1.82, 2.24) is 15.1 Å². The first-order chi connectivity index (χ1) is 14.6. The Kier molecular flexibility index (Phi) is 8.66. The molecule has 1 aliphatic rings. The molecule has 0 saturated carbocycles. The van der Waals surface area contributed by atoms with E-state index in [-0.39, 0.29) is 11.3 Å². The Morgan fingerprint density at radius 2 is 1.97 bits per heavy atom. The van der Waals surface area contributed by atoms with Crippen molar-refractivity contribution in [3.05, 3.63) is 71.0 Å². The molecule has 0 unspecified atom stereocenters. The van der Waals surface area contributed by atoms with Gasteiger partial charge in [0.25, 0.3) is 5.91 Å². The van der Waals surface area contributed by atoms with Gasteiger partial charge in [-0.15, -0.1) is 6.42 Å². The van der Waals surface area contributed by atoms with Crippen molar-refractivity contribution < 1.29 is 18.0 Å². The molecule has 31 heavy (non-hydrogen) atoms. The second kappa shape index (κ2) is 11.0. The fourth-order valence-corrected chi connectivity index (χ4v) is 3.06. The fraction of sp³-hybridized carbons (Fsp3) is 0.375. The Hall–Kier alpha value is -2.82. The minimum Gasteiger partial charge on any atom is -0.322 e. The van der Waals surface area contributed by atoms with E-state index in [4.69, 9.17) is 6.42 Å². The lowest BCUT2D eigenvalue weighted by Gasteiger charge is -2.32. The molecule has 166 valence electrons. The van der Waals surface area contributed by atoms with E-state index in [2.05, 4.69) is 34.7 Å². The number of hydrogen-bond acceptors (Lipinski definition) is 3. The SMILES string of the molecule is C#Cc1cc(C(=O)NC(/C=C\CCN2CCN(C)CC2)=C/C(=C)C(F)(F)F)ccc1C. The van der Waals surface area contributed by atoms with Crippen molar-refractivity contribution in [1.29, 1.82) is 0 Å². The molecule has 0 spiro atoms. The van der Waals surface area contributed by atoms with Crippen molar-refractivity contribution >= 4 is 5.91 Å². The number of aryl methyl sites for hydroxylation is 1. The normalized spacial score (nSPS) is 16.3. The van der Waals surface area contributed by atoms with Crippen LogP contribution in [0.2, 0.25) is 0 Å². The molecule has 1 N–H and O–H groups in total. The maximum Gasteiger partial charge on any atom is 0.415 e. The molecule has 0 aromatic heterocycles. The van der Waals surface area contributed by atoms with Gasteiger partial charge in [-0.25, -0.2) is 0 Å². The topological polar surface area (TPSA) is 35.6 Å². The molecule has 0 bridgehead atoms. The third-order valence-corrected chi connectivity index (χ3v) is 5.11. The highest BCUT2D eigenvalue weighted by molar-refractivity contribution is 5.96. The average Bonchev–Trinajstić information content (AvgIpc) is 2.71. The van der Waals surface area contributed by atoms with Crippen LogP contribution >= 0.6 is 0 Å². The van der Waals surface area contributed by atoms with Crippen LogP contribution in [-0.4, -0.2) is 61.7 Å².